The molecule has 3 rings (SSSR count). The fraction of sp³-hybridized carbons (Fsp3) is 0.467. The van der Waals surface area contributed by atoms with Crippen LogP contribution in [0.25, 0.3) is 0 Å². The van der Waals surface area contributed by atoms with Crippen molar-refractivity contribution >= 4 is 27.9 Å². The number of carbonyl (C=O) groups is 2. The molecule has 2 aliphatic rings. The van der Waals surface area contributed by atoms with Gasteiger partial charge in [-0.05, 0) is 30.5 Å². The number of imide groups is 1. The van der Waals surface area contributed by atoms with Gasteiger partial charge < -0.3 is 5.32 Å². The highest BCUT2D eigenvalue weighted by molar-refractivity contribution is 9.10. The van der Waals surface area contributed by atoms with Crippen LogP contribution in [0, 0.1) is 5.82 Å². The van der Waals surface area contributed by atoms with Crippen LogP contribution >= 0.6 is 15.9 Å². The number of hydrogen-bond donors (Lipinski definition) is 1. The maximum Gasteiger partial charge on any atom is 0.325 e. The summed E-state index contributed by atoms with van der Waals surface area (Å²) in [5.74, 6) is -0.505. The minimum absolute atomic E-state index is 0.150. The maximum atomic E-state index is 13.1. The van der Waals surface area contributed by atoms with Gasteiger partial charge in [0.25, 0.3) is 5.91 Å². The van der Waals surface area contributed by atoms with Crippen molar-refractivity contribution in [3.8, 4) is 0 Å². The molecule has 0 unspecified atom stereocenters. The van der Waals surface area contributed by atoms with Crippen molar-refractivity contribution in [2.45, 2.75) is 44.2 Å². The molecule has 1 saturated heterocycles. The number of nitrogens with one attached hydrogen (secondary N) is 1. The lowest BCUT2D eigenvalue weighted by Crippen LogP contribution is -2.48. The molecule has 3 amide bonds. The molecule has 0 radical (unpaired) electrons. The summed E-state index contributed by atoms with van der Waals surface area (Å²) in [5.41, 5.74) is 0.00901. The number of urea groups is 1. The van der Waals surface area contributed by atoms with Crippen LogP contribution in [0.5, 0.6) is 0 Å². The van der Waals surface area contributed by atoms with Gasteiger partial charge in [-0.2, -0.15) is 0 Å². The van der Waals surface area contributed by atoms with E-state index in [0.29, 0.717) is 22.9 Å². The number of nitrogens with zero attached hydrogens (tertiary/aromatic N) is 1. The third-order valence-corrected chi connectivity index (χ3v) is 5.03. The van der Waals surface area contributed by atoms with Crippen molar-refractivity contribution in [3.05, 3.63) is 34.1 Å². The minimum Gasteiger partial charge on any atom is -0.323 e. The molecular weight excluding hydrogens is 339 g/mol. The number of carbonyl (C=O) groups excluding carboxylic acids is 2. The SMILES string of the molecule is O=C1NC2(CCCCC2)C(=O)N1Cc1ccc(F)cc1Br. The van der Waals surface area contributed by atoms with Crippen LogP contribution in [0.15, 0.2) is 22.7 Å². The van der Waals surface area contributed by atoms with E-state index in [4.69, 9.17) is 0 Å². The van der Waals surface area contributed by atoms with Crippen molar-refractivity contribution in [2.24, 2.45) is 0 Å². The van der Waals surface area contributed by atoms with Gasteiger partial charge in [0.15, 0.2) is 0 Å². The lowest BCUT2D eigenvalue weighted by atomic mass is 9.82. The molecular formula is C15H16BrFN2O2. The van der Waals surface area contributed by atoms with Crippen molar-refractivity contribution < 1.29 is 14.0 Å². The Hall–Kier alpha value is -1.43. The fourth-order valence-corrected chi connectivity index (χ4v) is 3.61. The number of halogens is 2. The Morgan fingerprint density at radius 1 is 1.24 bits per heavy atom. The van der Waals surface area contributed by atoms with Crippen LogP contribution in [0.4, 0.5) is 9.18 Å². The van der Waals surface area contributed by atoms with Gasteiger partial charge in [0.05, 0.1) is 6.54 Å². The second-order valence-electron chi connectivity index (χ2n) is 5.70. The zero-order valence-corrected chi connectivity index (χ0v) is 13.1. The van der Waals surface area contributed by atoms with E-state index in [-0.39, 0.29) is 24.3 Å². The van der Waals surface area contributed by atoms with Crippen LogP contribution < -0.4 is 5.32 Å². The third kappa shape index (κ3) is 2.57. The molecule has 2 fully saturated rings. The first-order valence-corrected chi connectivity index (χ1v) is 7.89. The number of hydrogen-bond acceptors (Lipinski definition) is 2. The summed E-state index contributed by atoms with van der Waals surface area (Å²) in [5, 5.41) is 2.87. The molecule has 4 nitrogen and oxygen atoms in total. The highest BCUT2D eigenvalue weighted by Gasteiger charge is 2.51. The summed E-state index contributed by atoms with van der Waals surface area (Å²) in [4.78, 5) is 26.0. The summed E-state index contributed by atoms with van der Waals surface area (Å²) in [6, 6.07) is 3.91. The lowest BCUT2D eigenvalue weighted by Gasteiger charge is -2.30. The van der Waals surface area contributed by atoms with E-state index in [9.17, 15) is 14.0 Å². The highest BCUT2D eigenvalue weighted by Crippen LogP contribution is 2.34. The van der Waals surface area contributed by atoms with Crippen molar-refractivity contribution in [3.63, 3.8) is 0 Å². The quantitative estimate of drug-likeness (QED) is 0.828. The maximum absolute atomic E-state index is 13.1. The van der Waals surface area contributed by atoms with E-state index in [1.807, 2.05) is 0 Å². The first-order chi connectivity index (χ1) is 10.0. The van der Waals surface area contributed by atoms with E-state index in [2.05, 4.69) is 21.2 Å². The summed E-state index contributed by atoms with van der Waals surface area (Å²) >= 11 is 3.27. The van der Waals surface area contributed by atoms with Crippen LogP contribution in [-0.2, 0) is 11.3 Å². The molecule has 0 atom stereocenters. The van der Waals surface area contributed by atoms with Gasteiger partial charge in [-0.1, -0.05) is 41.3 Å². The van der Waals surface area contributed by atoms with Gasteiger partial charge in [-0.3, -0.25) is 9.69 Å². The average Bonchev–Trinajstić information content (AvgIpc) is 2.67. The fourth-order valence-electron chi connectivity index (χ4n) is 3.13. The van der Waals surface area contributed by atoms with Gasteiger partial charge >= 0.3 is 6.03 Å². The summed E-state index contributed by atoms with van der Waals surface area (Å²) in [6.45, 7) is 0.160. The topological polar surface area (TPSA) is 49.4 Å². The molecule has 1 aromatic carbocycles. The Labute approximate surface area is 130 Å². The van der Waals surface area contributed by atoms with Crippen LogP contribution in [0.3, 0.4) is 0 Å². The van der Waals surface area contributed by atoms with Gasteiger partial charge in [0.1, 0.15) is 11.4 Å². The van der Waals surface area contributed by atoms with E-state index < -0.39 is 5.54 Å². The molecule has 1 aliphatic heterocycles. The predicted octanol–water partition coefficient (Wildman–Crippen LogP) is 3.34. The average molecular weight is 355 g/mol. The Kier molecular flexibility index (Phi) is 3.73. The van der Waals surface area contributed by atoms with Crippen LogP contribution in [0.2, 0.25) is 0 Å². The monoisotopic (exact) mass is 354 g/mol. The summed E-state index contributed by atoms with van der Waals surface area (Å²) < 4.78 is 13.7. The first-order valence-electron chi connectivity index (χ1n) is 7.10. The van der Waals surface area contributed by atoms with Crippen molar-refractivity contribution in [2.75, 3.05) is 0 Å². The first kappa shape index (κ1) is 14.5. The Morgan fingerprint density at radius 2 is 1.95 bits per heavy atom. The molecule has 1 heterocycles. The van der Waals surface area contributed by atoms with Crippen molar-refractivity contribution in [1.29, 1.82) is 0 Å². The van der Waals surface area contributed by atoms with Gasteiger partial charge in [0.2, 0.25) is 0 Å². The molecule has 0 aromatic heterocycles. The lowest BCUT2D eigenvalue weighted by molar-refractivity contribution is -0.132. The second-order valence-corrected chi connectivity index (χ2v) is 6.55. The number of amides is 3. The smallest absolute Gasteiger partial charge is 0.323 e. The van der Waals surface area contributed by atoms with Crippen LogP contribution in [0.1, 0.15) is 37.7 Å². The molecule has 6 heteroatoms. The largest absolute Gasteiger partial charge is 0.325 e. The molecule has 1 aliphatic carbocycles. The van der Waals surface area contributed by atoms with Gasteiger partial charge in [-0.15, -0.1) is 0 Å². The Morgan fingerprint density at radius 3 is 2.62 bits per heavy atom. The Balaban J connectivity index is 1.82. The molecule has 21 heavy (non-hydrogen) atoms. The second kappa shape index (κ2) is 5.40. The minimum atomic E-state index is -0.707. The van der Waals surface area contributed by atoms with E-state index >= 15 is 0 Å². The molecule has 1 aromatic rings. The number of rotatable bonds is 2. The standard InChI is InChI=1S/C15H16BrFN2O2/c16-12-8-11(17)5-4-10(12)9-19-13(20)15(18-14(19)21)6-2-1-3-7-15/h4-5,8H,1-3,6-7,9H2,(H,18,21). The normalized spacial score (nSPS) is 21.0. The van der Waals surface area contributed by atoms with Crippen molar-refractivity contribution in [1.82, 2.24) is 10.2 Å². The molecule has 1 spiro atoms. The molecule has 0 bridgehead atoms. The third-order valence-electron chi connectivity index (χ3n) is 4.30. The van der Waals surface area contributed by atoms with E-state index in [0.717, 1.165) is 19.3 Å². The highest BCUT2D eigenvalue weighted by atomic mass is 79.9. The van der Waals surface area contributed by atoms with E-state index in [1.54, 1.807) is 6.07 Å². The molecule has 1 N–H and O–H groups in total. The molecule has 1 saturated carbocycles. The number of benzene rings is 1. The zero-order valence-electron chi connectivity index (χ0n) is 11.5. The molecule has 112 valence electrons. The zero-order chi connectivity index (χ0) is 15.0. The summed E-state index contributed by atoms with van der Waals surface area (Å²) in [7, 11) is 0. The predicted molar refractivity (Wildman–Crippen MR) is 79.0 cm³/mol. The summed E-state index contributed by atoms with van der Waals surface area (Å²) in [6.07, 6.45) is 4.44. The Bertz CT molecular complexity index is 599. The van der Waals surface area contributed by atoms with E-state index in [1.165, 1.54) is 17.0 Å². The van der Waals surface area contributed by atoms with Gasteiger partial charge in [0, 0.05) is 4.47 Å². The van der Waals surface area contributed by atoms with Crippen LogP contribution in [-0.4, -0.2) is 22.4 Å². The van der Waals surface area contributed by atoms with Gasteiger partial charge in [-0.25, -0.2) is 9.18 Å².